The van der Waals surface area contributed by atoms with Crippen molar-refractivity contribution in [1.82, 2.24) is 0 Å². The Balaban J connectivity index is 0.000000186. The van der Waals surface area contributed by atoms with Gasteiger partial charge in [-0.3, -0.25) is 0 Å². The van der Waals surface area contributed by atoms with E-state index in [0.717, 1.165) is 40.4 Å². The molecule has 1 unspecified atom stereocenters. The second-order valence-electron chi connectivity index (χ2n) is 6.46. The molecule has 1 aliphatic heterocycles. The SMILES string of the molecule is BrC1[C-]=C2C=c3ccccc3=C2O1.[Cl-].[Cl-].[S]=[Zr+2].[c-]1cccc2c1-c1ccccc1C2. The standard InChI is InChI=1S/C13H9.C11H6BrO.2ClH.S.Zr/c1-3-7-12-10(5-1)9-11-6-2-4-8-13(11)12;12-10-6-8-5-7-3-1-2-4-9(7)11(8)13-10;;;;/h1-7H,9H2;1-5,10H;2*1H;;/q2*-1;;;;+2/p-2. The summed E-state index contributed by atoms with van der Waals surface area (Å²) in [7, 11) is 4.17. The molecule has 3 aromatic carbocycles. The summed E-state index contributed by atoms with van der Waals surface area (Å²) in [5.74, 6) is 0.956. The Morgan fingerprint density at radius 2 is 1.63 bits per heavy atom. The summed E-state index contributed by atoms with van der Waals surface area (Å²) in [6, 6.07) is 26.3. The molecule has 150 valence electrons. The van der Waals surface area contributed by atoms with Crippen LogP contribution < -0.4 is 35.3 Å². The van der Waals surface area contributed by atoms with Crippen LogP contribution in [0.4, 0.5) is 0 Å². The topological polar surface area (TPSA) is 9.23 Å². The predicted molar refractivity (Wildman–Crippen MR) is 115 cm³/mol. The Morgan fingerprint density at radius 3 is 2.47 bits per heavy atom. The van der Waals surface area contributed by atoms with Gasteiger partial charge in [0.25, 0.3) is 0 Å². The van der Waals surface area contributed by atoms with Crippen LogP contribution in [0, 0.1) is 12.1 Å². The molecule has 1 atom stereocenters. The van der Waals surface area contributed by atoms with Crippen molar-refractivity contribution in [1.29, 1.82) is 0 Å². The number of hydrogen-bond acceptors (Lipinski definition) is 2. The van der Waals surface area contributed by atoms with E-state index in [-0.39, 0.29) is 29.8 Å². The van der Waals surface area contributed by atoms with E-state index >= 15 is 0 Å². The monoisotopic (exact) mass is 590 g/mol. The molecule has 2 aliphatic carbocycles. The van der Waals surface area contributed by atoms with Gasteiger partial charge in [0.1, 0.15) is 5.01 Å². The first-order chi connectivity index (χ1) is 13.8. The van der Waals surface area contributed by atoms with Crippen LogP contribution in [-0.4, -0.2) is 5.01 Å². The molecular formula is C24H15BrCl2OSZr-2. The first-order valence-corrected chi connectivity index (χ1v) is 13.2. The van der Waals surface area contributed by atoms with Crippen LogP contribution in [-0.2, 0) is 33.8 Å². The molecule has 0 saturated carbocycles. The zero-order chi connectivity index (χ0) is 19.5. The molecule has 0 spiro atoms. The molecular weight excluding hydrogens is 578 g/mol. The molecule has 1 heterocycles. The fourth-order valence-electron chi connectivity index (χ4n) is 3.68. The zero-order valence-corrected chi connectivity index (χ0v) is 22.0. The van der Waals surface area contributed by atoms with Gasteiger partial charge in [-0.15, -0.1) is 41.5 Å². The van der Waals surface area contributed by atoms with E-state index in [9.17, 15) is 0 Å². The number of halogens is 3. The number of ether oxygens (including phenoxy) is 1. The zero-order valence-electron chi connectivity index (χ0n) is 15.7. The molecule has 0 N–H and O–H groups in total. The second kappa shape index (κ2) is 11.6. The van der Waals surface area contributed by atoms with Crippen LogP contribution in [0.1, 0.15) is 11.1 Å². The van der Waals surface area contributed by atoms with Crippen molar-refractivity contribution in [2.75, 3.05) is 0 Å². The molecule has 0 saturated heterocycles. The third kappa shape index (κ3) is 5.11. The molecule has 6 rings (SSSR count). The Bertz CT molecular complexity index is 1150. The van der Waals surface area contributed by atoms with Crippen LogP contribution >= 0.6 is 24.8 Å². The van der Waals surface area contributed by atoms with Gasteiger partial charge in [-0.2, -0.15) is 11.6 Å². The minimum atomic E-state index is -0.0814. The van der Waals surface area contributed by atoms with Crippen molar-refractivity contribution in [2.45, 2.75) is 11.4 Å². The van der Waals surface area contributed by atoms with E-state index in [4.69, 9.17) is 4.74 Å². The molecule has 0 radical (unpaired) electrons. The molecule has 1 nitrogen and oxygen atoms in total. The summed E-state index contributed by atoms with van der Waals surface area (Å²) in [5, 5.41) is 2.31. The Morgan fingerprint density at radius 1 is 0.933 bits per heavy atom. The van der Waals surface area contributed by atoms with Gasteiger partial charge in [0.15, 0.2) is 0 Å². The predicted octanol–water partition coefficient (Wildman–Crippen LogP) is -1.22. The maximum Gasteiger partial charge on any atom is -0.0454 e. The van der Waals surface area contributed by atoms with Gasteiger partial charge in [0, 0.05) is 5.76 Å². The summed E-state index contributed by atoms with van der Waals surface area (Å²) in [6.45, 7) is 0. The van der Waals surface area contributed by atoms with Crippen LogP contribution in [0.25, 0.3) is 23.0 Å². The van der Waals surface area contributed by atoms with E-state index in [2.05, 4.69) is 91.5 Å². The molecule has 0 aromatic heterocycles. The van der Waals surface area contributed by atoms with Gasteiger partial charge in [-0.05, 0) is 11.6 Å². The summed E-state index contributed by atoms with van der Waals surface area (Å²) < 4.78 is 5.57. The third-order valence-corrected chi connectivity index (χ3v) is 5.27. The van der Waals surface area contributed by atoms with Gasteiger partial charge in [-0.25, -0.2) is 0 Å². The minimum absolute atomic E-state index is 0. The van der Waals surface area contributed by atoms with Crippen molar-refractivity contribution in [3.63, 3.8) is 0 Å². The van der Waals surface area contributed by atoms with Crippen molar-refractivity contribution >= 4 is 36.6 Å². The maximum atomic E-state index is 5.57. The number of hydrogen-bond donors (Lipinski definition) is 0. The fraction of sp³-hybridized carbons (Fsp3) is 0.0833. The molecule has 3 aromatic rings. The first kappa shape index (κ1) is 25.4. The van der Waals surface area contributed by atoms with E-state index in [0.29, 0.717) is 0 Å². The average Bonchev–Trinajstić information content (AvgIpc) is 3.40. The molecule has 0 amide bonds. The largest absolute Gasteiger partial charge is 0.147 e. The number of alkyl halides is 1. The Kier molecular flexibility index (Phi) is 9.85. The third-order valence-electron chi connectivity index (χ3n) is 4.85. The smallest absolute Gasteiger partial charge is 0.0454 e. The fourth-order valence-corrected chi connectivity index (χ4v) is 4.11. The molecule has 0 fully saturated rings. The van der Waals surface area contributed by atoms with E-state index in [1.54, 1.807) is 0 Å². The Labute approximate surface area is 215 Å². The van der Waals surface area contributed by atoms with Crippen molar-refractivity contribution in [3.8, 4) is 11.1 Å². The molecule has 6 heteroatoms. The van der Waals surface area contributed by atoms with Crippen LogP contribution in [0.3, 0.4) is 0 Å². The van der Waals surface area contributed by atoms with Crippen LogP contribution in [0.15, 0.2) is 72.3 Å². The summed E-state index contributed by atoms with van der Waals surface area (Å²) >= 11 is 4.48. The van der Waals surface area contributed by atoms with Crippen LogP contribution in [0.5, 0.6) is 0 Å². The minimum Gasteiger partial charge on any atom is -0.147 e. The normalized spacial score (nSPS) is 15.5. The Hall–Kier alpha value is -0.897. The maximum absolute atomic E-state index is 5.57. The van der Waals surface area contributed by atoms with Gasteiger partial charge in [-0.1, -0.05) is 80.8 Å². The number of rotatable bonds is 0. The van der Waals surface area contributed by atoms with Gasteiger partial charge < -0.3 is 29.6 Å². The van der Waals surface area contributed by atoms with Gasteiger partial charge >= 0.3 is 31.5 Å². The van der Waals surface area contributed by atoms with E-state index in [1.807, 2.05) is 18.2 Å². The summed E-state index contributed by atoms with van der Waals surface area (Å²) in [5.41, 5.74) is 6.56. The number of fused-ring (bicyclic) bond motifs is 5. The van der Waals surface area contributed by atoms with Gasteiger partial charge in [0.2, 0.25) is 0 Å². The molecule has 30 heavy (non-hydrogen) atoms. The van der Waals surface area contributed by atoms with Gasteiger partial charge in [0.05, 0.1) is 0 Å². The van der Waals surface area contributed by atoms with Crippen molar-refractivity contribution < 1.29 is 52.2 Å². The van der Waals surface area contributed by atoms with Crippen molar-refractivity contribution in [2.24, 2.45) is 0 Å². The van der Waals surface area contributed by atoms with E-state index < -0.39 is 0 Å². The van der Waals surface area contributed by atoms with E-state index in [1.165, 1.54) is 32.7 Å². The molecule has 0 bridgehead atoms. The molecule has 3 aliphatic rings. The summed E-state index contributed by atoms with van der Waals surface area (Å²) in [4.78, 5) is 0. The quantitative estimate of drug-likeness (QED) is 0.187. The van der Waals surface area contributed by atoms with Crippen molar-refractivity contribution in [3.05, 3.63) is 106 Å². The van der Waals surface area contributed by atoms with Crippen LogP contribution in [0.2, 0.25) is 0 Å². The summed E-state index contributed by atoms with van der Waals surface area (Å²) in [6.07, 6.45) is 6.36. The average molecular weight is 593 g/mol. The second-order valence-corrected chi connectivity index (χ2v) is 7.29. The first-order valence-electron chi connectivity index (χ1n) is 8.83. The number of benzene rings is 3.